The lowest BCUT2D eigenvalue weighted by Crippen LogP contribution is -2.34. The summed E-state index contributed by atoms with van der Waals surface area (Å²) in [6, 6.07) is 6.04. The number of aromatic nitrogens is 1. The third-order valence-electron chi connectivity index (χ3n) is 2.95. The zero-order chi connectivity index (χ0) is 9.73. The van der Waals surface area contributed by atoms with Crippen molar-refractivity contribution in [1.29, 1.82) is 0 Å². The zero-order valence-corrected chi connectivity index (χ0v) is 8.46. The summed E-state index contributed by atoms with van der Waals surface area (Å²) in [4.78, 5) is 4.38. The summed E-state index contributed by atoms with van der Waals surface area (Å²) in [5.41, 5.74) is 7.03. The average molecular weight is 178 g/mol. The molecule has 0 aliphatic heterocycles. The predicted molar refractivity (Wildman–Crippen MR) is 55.6 cm³/mol. The van der Waals surface area contributed by atoms with Crippen LogP contribution in [0.3, 0.4) is 0 Å². The van der Waals surface area contributed by atoms with Gasteiger partial charge in [0, 0.05) is 23.9 Å². The number of nitrogens with zero attached hydrogens (tertiary/aromatic N) is 1. The molecule has 0 spiro atoms. The van der Waals surface area contributed by atoms with Crippen molar-refractivity contribution in [2.24, 2.45) is 5.73 Å². The van der Waals surface area contributed by atoms with Crippen LogP contribution in [-0.2, 0) is 5.41 Å². The van der Waals surface area contributed by atoms with Gasteiger partial charge in [0.05, 0.1) is 0 Å². The van der Waals surface area contributed by atoms with Gasteiger partial charge in [-0.15, -0.1) is 0 Å². The molecule has 0 aliphatic carbocycles. The van der Waals surface area contributed by atoms with Crippen LogP contribution in [0.15, 0.2) is 24.4 Å². The molecule has 1 aromatic rings. The molecule has 0 fully saturated rings. The minimum absolute atomic E-state index is 0.0846. The molecule has 0 aromatic carbocycles. The Morgan fingerprint density at radius 3 is 2.38 bits per heavy atom. The van der Waals surface area contributed by atoms with Gasteiger partial charge in [-0.2, -0.15) is 0 Å². The molecule has 0 bridgehead atoms. The lowest BCUT2D eigenvalue weighted by molar-refractivity contribution is 0.395. The molecule has 0 atom stereocenters. The monoisotopic (exact) mass is 178 g/mol. The highest BCUT2D eigenvalue weighted by atomic mass is 14.7. The second kappa shape index (κ2) is 4.38. The van der Waals surface area contributed by atoms with E-state index in [0.717, 1.165) is 18.5 Å². The van der Waals surface area contributed by atoms with Gasteiger partial charge < -0.3 is 5.73 Å². The highest BCUT2D eigenvalue weighted by molar-refractivity contribution is 5.17. The highest BCUT2D eigenvalue weighted by Crippen LogP contribution is 2.28. The molecule has 0 amide bonds. The summed E-state index contributed by atoms with van der Waals surface area (Å²) in [6.07, 6.45) is 3.94. The first-order chi connectivity index (χ1) is 6.29. The molecule has 1 aromatic heterocycles. The highest BCUT2D eigenvalue weighted by Gasteiger charge is 2.27. The molecule has 13 heavy (non-hydrogen) atoms. The van der Waals surface area contributed by atoms with Crippen LogP contribution in [0, 0.1) is 0 Å². The van der Waals surface area contributed by atoms with E-state index in [-0.39, 0.29) is 5.41 Å². The lowest BCUT2D eigenvalue weighted by atomic mass is 9.79. The lowest BCUT2D eigenvalue weighted by Gasteiger charge is -2.29. The van der Waals surface area contributed by atoms with E-state index < -0.39 is 0 Å². The van der Waals surface area contributed by atoms with Gasteiger partial charge in [-0.3, -0.25) is 4.98 Å². The summed E-state index contributed by atoms with van der Waals surface area (Å²) in [7, 11) is 0. The van der Waals surface area contributed by atoms with Crippen LogP contribution in [0.4, 0.5) is 0 Å². The Morgan fingerprint density at radius 2 is 2.00 bits per heavy atom. The number of rotatable bonds is 4. The van der Waals surface area contributed by atoms with E-state index in [2.05, 4.69) is 24.9 Å². The first-order valence-electron chi connectivity index (χ1n) is 4.90. The van der Waals surface area contributed by atoms with Crippen molar-refractivity contribution in [3.05, 3.63) is 30.1 Å². The average Bonchev–Trinajstić information content (AvgIpc) is 2.23. The van der Waals surface area contributed by atoms with Crippen LogP contribution in [0.2, 0.25) is 0 Å². The van der Waals surface area contributed by atoms with Gasteiger partial charge in [0.25, 0.3) is 0 Å². The van der Waals surface area contributed by atoms with Crippen LogP contribution in [0.1, 0.15) is 32.4 Å². The van der Waals surface area contributed by atoms with Crippen LogP contribution in [-0.4, -0.2) is 11.5 Å². The molecule has 2 heteroatoms. The van der Waals surface area contributed by atoms with E-state index in [1.807, 2.05) is 18.3 Å². The quantitative estimate of drug-likeness (QED) is 0.766. The SMILES string of the molecule is CCC(CC)(CN)c1ccccn1. The standard InChI is InChI=1S/C11H18N2/c1-3-11(4-2,9-12)10-7-5-6-8-13-10/h5-8H,3-4,9,12H2,1-2H3. The van der Waals surface area contributed by atoms with E-state index in [1.165, 1.54) is 0 Å². The number of hydrogen-bond donors (Lipinski definition) is 1. The number of hydrogen-bond acceptors (Lipinski definition) is 2. The molecule has 2 N–H and O–H groups in total. The van der Waals surface area contributed by atoms with Crippen molar-refractivity contribution >= 4 is 0 Å². The van der Waals surface area contributed by atoms with Gasteiger partial charge >= 0.3 is 0 Å². The van der Waals surface area contributed by atoms with Crippen molar-refractivity contribution in [1.82, 2.24) is 4.98 Å². The van der Waals surface area contributed by atoms with Gasteiger partial charge in [0.2, 0.25) is 0 Å². The molecule has 0 saturated carbocycles. The van der Waals surface area contributed by atoms with E-state index >= 15 is 0 Å². The summed E-state index contributed by atoms with van der Waals surface area (Å²) < 4.78 is 0. The van der Waals surface area contributed by atoms with Crippen molar-refractivity contribution in [3.63, 3.8) is 0 Å². The first-order valence-corrected chi connectivity index (χ1v) is 4.90. The second-order valence-electron chi connectivity index (χ2n) is 3.41. The van der Waals surface area contributed by atoms with Gasteiger partial charge in [0.15, 0.2) is 0 Å². The number of nitrogens with two attached hydrogens (primary N) is 1. The molecule has 72 valence electrons. The Labute approximate surface area is 80.2 Å². The molecule has 1 rings (SSSR count). The molecule has 1 heterocycles. The third-order valence-corrected chi connectivity index (χ3v) is 2.95. The largest absolute Gasteiger partial charge is 0.330 e. The minimum atomic E-state index is 0.0846. The Bertz CT molecular complexity index is 231. The maximum atomic E-state index is 5.82. The zero-order valence-electron chi connectivity index (χ0n) is 8.46. The van der Waals surface area contributed by atoms with Crippen LogP contribution in [0.5, 0.6) is 0 Å². The third kappa shape index (κ3) is 1.89. The molecule has 0 unspecified atom stereocenters. The fourth-order valence-corrected chi connectivity index (χ4v) is 1.68. The van der Waals surface area contributed by atoms with Crippen molar-refractivity contribution in [2.45, 2.75) is 32.1 Å². The van der Waals surface area contributed by atoms with Crippen molar-refractivity contribution in [3.8, 4) is 0 Å². The van der Waals surface area contributed by atoms with Crippen LogP contribution < -0.4 is 5.73 Å². The summed E-state index contributed by atoms with van der Waals surface area (Å²) in [5, 5.41) is 0. The molecule has 2 nitrogen and oxygen atoms in total. The van der Waals surface area contributed by atoms with Crippen LogP contribution in [0.25, 0.3) is 0 Å². The van der Waals surface area contributed by atoms with E-state index in [9.17, 15) is 0 Å². The molecule has 0 aliphatic rings. The summed E-state index contributed by atoms with van der Waals surface area (Å²) >= 11 is 0. The predicted octanol–water partition coefficient (Wildman–Crippen LogP) is 2.10. The maximum Gasteiger partial charge on any atom is 0.0477 e. The normalized spacial score (nSPS) is 11.6. The van der Waals surface area contributed by atoms with Gasteiger partial charge in [-0.05, 0) is 25.0 Å². The molecule has 0 radical (unpaired) electrons. The first kappa shape index (κ1) is 10.2. The van der Waals surface area contributed by atoms with E-state index in [4.69, 9.17) is 5.73 Å². The minimum Gasteiger partial charge on any atom is -0.330 e. The van der Waals surface area contributed by atoms with Gasteiger partial charge in [-0.1, -0.05) is 19.9 Å². The summed E-state index contributed by atoms with van der Waals surface area (Å²) in [5.74, 6) is 0. The fraction of sp³-hybridized carbons (Fsp3) is 0.545. The second-order valence-corrected chi connectivity index (χ2v) is 3.41. The Hall–Kier alpha value is -0.890. The van der Waals surface area contributed by atoms with Gasteiger partial charge in [-0.25, -0.2) is 0 Å². The van der Waals surface area contributed by atoms with Gasteiger partial charge in [0.1, 0.15) is 0 Å². The smallest absolute Gasteiger partial charge is 0.0477 e. The van der Waals surface area contributed by atoms with Crippen LogP contribution >= 0.6 is 0 Å². The van der Waals surface area contributed by atoms with Crippen molar-refractivity contribution < 1.29 is 0 Å². The topological polar surface area (TPSA) is 38.9 Å². The molecule has 0 saturated heterocycles. The fourth-order valence-electron chi connectivity index (χ4n) is 1.68. The number of pyridine rings is 1. The Balaban J connectivity index is 3.01. The van der Waals surface area contributed by atoms with E-state index in [0.29, 0.717) is 6.54 Å². The Morgan fingerprint density at radius 1 is 1.31 bits per heavy atom. The van der Waals surface area contributed by atoms with E-state index in [1.54, 1.807) is 0 Å². The molecular formula is C11H18N2. The van der Waals surface area contributed by atoms with Crippen molar-refractivity contribution in [2.75, 3.05) is 6.54 Å². The maximum absolute atomic E-state index is 5.82. The summed E-state index contributed by atoms with van der Waals surface area (Å²) in [6.45, 7) is 5.02. The molecular weight excluding hydrogens is 160 g/mol. The Kier molecular flexibility index (Phi) is 3.43.